The molecule has 2 aliphatic rings. The normalized spacial score (nSPS) is 17.1. The van der Waals surface area contributed by atoms with Crippen LogP contribution >= 0.6 is 0 Å². The molecule has 1 atom stereocenters. The summed E-state index contributed by atoms with van der Waals surface area (Å²) in [5.41, 5.74) is 4.61. The first-order valence-electron chi connectivity index (χ1n) is 12.5. The van der Waals surface area contributed by atoms with Gasteiger partial charge in [-0.05, 0) is 73.1 Å². The maximum Gasteiger partial charge on any atom is 0.287 e. The Bertz CT molecular complexity index is 1230. The van der Waals surface area contributed by atoms with Crippen molar-refractivity contribution in [3.05, 3.63) is 88.4 Å². The number of benzene rings is 2. The third-order valence-corrected chi connectivity index (χ3v) is 6.84. The highest BCUT2D eigenvalue weighted by atomic mass is 16.5. The van der Waals surface area contributed by atoms with Gasteiger partial charge in [-0.1, -0.05) is 42.8 Å². The monoisotopic (exact) mass is 472 g/mol. The van der Waals surface area contributed by atoms with E-state index in [0.29, 0.717) is 42.7 Å². The Labute approximate surface area is 206 Å². The lowest BCUT2D eigenvalue weighted by Crippen LogP contribution is -2.40. The largest absolute Gasteiger partial charge is 0.486 e. The van der Waals surface area contributed by atoms with Crippen molar-refractivity contribution in [3.8, 4) is 5.75 Å². The van der Waals surface area contributed by atoms with Gasteiger partial charge in [0, 0.05) is 19.5 Å². The number of hydrogen-bond donors (Lipinski definition) is 1. The maximum atomic E-state index is 12.8. The summed E-state index contributed by atoms with van der Waals surface area (Å²) in [7, 11) is 0. The van der Waals surface area contributed by atoms with Crippen molar-refractivity contribution in [1.29, 1.82) is 0 Å². The summed E-state index contributed by atoms with van der Waals surface area (Å²) in [4.78, 5) is 27.1. The molecular weight excluding hydrogens is 440 g/mol. The molecule has 35 heavy (non-hydrogen) atoms. The lowest BCUT2D eigenvalue weighted by Gasteiger charge is -2.38. The van der Waals surface area contributed by atoms with E-state index in [1.807, 2.05) is 30.0 Å². The second kappa shape index (κ2) is 9.98. The van der Waals surface area contributed by atoms with Crippen molar-refractivity contribution < 1.29 is 18.7 Å². The van der Waals surface area contributed by atoms with E-state index in [9.17, 15) is 9.59 Å². The minimum absolute atomic E-state index is 0.139. The molecule has 1 aromatic heterocycles. The third kappa shape index (κ3) is 5.26. The Morgan fingerprint density at radius 1 is 1.11 bits per heavy atom. The minimum atomic E-state index is -0.182. The number of carbonyl (C=O) groups excluding carboxylic acids is 2. The van der Waals surface area contributed by atoms with Crippen molar-refractivity contribution in [3.63, 3.8) is 0 Å². The van der Waals surface area contributed by atoms with E-state index in [-0.39, 0.29) is 24.5 Å². The molecule has 0 spiro atoms. The van der Waals surface area contributed by atoms with E-state index < -0.39 is 0 Å². The molecule has 1 aliphatic carbocycles. The van der Waals surface area contributed by atoms with Crippen LogP contribution in [0.1, 0.15) is 70.8 Å². The molecule has 2 heterocycles. The van der Waals surface area contributed by atoms with Crippen LogP contribution in [0.2, 0.25) is 0 Å². The average Bonchev–Trinajstić information content (AvgIpc) is 3.59. The first-order chi connectivity index (χ1) is 17.0. The topological polar surface area (TPSA) is 71.8 Å². The maximum absolute atomic E-state index is 12.8. The second-order valence-electron chi connectivity index (χ2n) is 9.58. The lowest BCUT2D eigenvalue weighted by atomic mass is 9.87. The number of rotatable bonds is 8. The van der Waals surface area contributed by atoms with Crippen LogP contribution in [0.5, 0.6) is 5.75 Å². The van der Waals surface area contributed by atoms with E-state index in [4.69, 9.17) is 9.15 Å². The summed E-state index contributed by atoms with van der Waals surface area (Å²) in [5.74, 6) is 2.20. The zero-order valence-electron chi connectivity index (χ0n) is 20.4. The quantitative estimate of drug-likeness (QED) is 0.490. The predicted molar refractivity (Wildman–Crippen MR) is 133 cm³/mol. The number of nitrogens with one attached hydrogen (secondary N) is 1. The molecule has 3 aromatic rings. The zero-order valence-corrected chi connectivity index (χ0v) is 20.4. The van der Waals surface area contributed by atoms with Gasteiger partial charge in [0.2, 0.25) is 5.91 Å². The third-order valence-electron chi connectivity index (χ3n) is 6.84. The summed E-state index contributed by atoms with van der Waals surface area (Å²) in [6.07, 6.45) is 3.67. The van der Waals surface area contributed by atoms with Crippen LogP contribution in [0.25, 0.3) is 0 Å². The van der Waals surface area contributed by atoms with Gasteiger partial charge in [0.05, 0.1) is 6.04 Å². The summed E-state index contributed by atoms with van der Waals surface area (Å²) in [6.45, 7) is 5.62. The van der Waals surface area contributed by atoms with Crippen LogP contribution in [0, 0.1) is 12.8 Å². The number of nitrogens with zero attached hydrogens (tertiary/aromatic N) is 1. The molecule has 182 valence electrons. The standard InChI is InChI=1S/C29H32N2O4/c1-3-27(32)31-14-13-21-9-10-23(16-25(21)28(31)22-6-4-5-19(2)15-22)34-18-24-11-12-26(35-24)29(33)30-17-20-7-8-20/h4-6,9-12,15-16,20,28H,3,7-8,13-14,17-18H2,1-2H3,(H,30,33)/t28-/m0/s1. The highest BCUT2D eigenvalue weighted by Gasteiger charge is 2.32. The fourth-order valence-corrected chi connectivity index (χ4v) is 4.73. The van der Waals surface area contributed by atoms with Gasteiger partial charge in [-0.3, -0.25) is 9.59 Å². The van der Waals surface area contributed by atoms with Gasteiger partial charge < -0.3 is 19.4 Å². The van der Waals surface area contributed by atoms with E-state index >= 15 is 0 Å². The fourth-order valence-electron chi connectivity index (χ4n) is 4.73. The number of hydrogen-bond acceptors (Lipinski definition) is 4. The van der Waals surface area contributed by atoms with E-state index in [0.717, 1.165) is 17.5 Å². The predicted octanol–water partition coefficient (Wildman–Crippen LogP) is 5.19. The smallest absolute Gasteiger partial charge is 0.287 e. The highest BCUT2D eigenvalue weighted by molar-refractivity contribution is 5.91. The fraction of sp³-hybridized carbons (Fsp3) is 0.379. The number of amides is 2. The number of furan rings is 1. The Hall–Kier alpha value is -3.54. The van der Waals surface area contributed by atoms with Crippen LogP contribution in [-0.4, -0.2) is 29.8 Å². The number of fused-ring (bicyclic) bond motifs is 1. The molecule has 5 rings (SSSR count). The molecular formula is C29H32N2O4. The van der Waals surface area contributed by atoms with Gasteiger partial charge in [-0.15, -0.1) is 0 Å². The Balaban J connectivity index is 1.34. The van der Waals surface area contributed by atoms with Gasteiger partial charge in [0.1, 0.15) is 18.1 Å². The first-order valence-corrected chi connectivity index (χ1v) is 12.5. The SMILES string of the molecule is CCC(=O)N1CCc2ccc(OCc3ccc(C(=O)NCC4CC4)o3)cc2[C@@H]1c1cccc(C)c1. The minimum Gasteiger partial charge on any atom is -0.486 e. The van der Waals surface area contributed by atoms with Crippen molar-refractivity contribution >= 4 is 11.8 Å². The summed E-state index contributed by atoms with van der Waals surface area (Å²) in [5, 5.41) is 2.92. The highest BCUT2D eigenvalue weighted by Crippen LogP contribution is 2.38. The Morgan fingerprint density at radius 3 is 2.74 bits per heavy atom. The molecule has 6 nitrogen and oxygen atoms in total. The van der Waals surface area contributed by atoms with Gasteiger partial charge in [-0.25, -0.2) is 0 Å². The molecule has 2 amide bonds. The lowest BCUT2D eigenvalue weighted by molar-refractivity contribution is -0.132. The summed E-state index contributed by atoms with van der Waals surface area (Å²) < 4.78 is 11.8. The summed E-state index contributed by atoms with van der Waals surface area (Å²) >= 11 is 0. The number of ether oxygens (including phenoxy) is 1. The van der Waals surface area contributed by atoms with Gasteiger partial charge in [0.25, 0.3) is 5.91 Å². The molecule has 0 unspecified atom stereocenters. The number of aryl methyl sites for hydroxylation is 1. The van der Waals surface area contributed by atoms with Crippen molar-refractivity contribution in [2.45, 2.75) is 52.2 Å². The zero-order chi connectivity index (χ0) is 24.4. The van der Waals surface area contributed by atoms with E-state index in [1.165, 1.54) is 24.0 Å². The molecule has 1 fully saturated rings. The molecule has 1 N–H and O–H groups in total. The van der Waals surface area contributed by atoms with Crippen LogP contribution in [0.4, 0.5) is 0 Å². The van der Waals surface area contributed by atoms with Gasteiger partial charge >= 0.3 is 0 Å². The van der Waals surface area contributed by atoms with Crippen molar-refractivity contribution in [2.75, 3.05) is 13.1 Å². The first kappa shape index (κ1) is 23.2. The molecule has 1 saturated carbocycles. The van der Waals surface area contributed by atoms with Crippen LogP contribution in [0.3, 0.4) is 0 Å². The molecule has 1 aliphatic heterocycles. The summed E-state index contributed by atoms with van der Waals surface area (Å²) in [6, 6.07) is 17.8. The van der Waals surface area contributed by atoms with Crippen molar-refractivity contribution in [2.24, 2.45) is 5.92 Å². The van der Waals surface area contributed by atoms with Gasteiger partial charge in [0.15, 0.2) is 5.76 Å². The second-order valence-corrected chi connectivity index (χ2v) is 9.58. The number of carbonyl (C=O) groups is 2. The molecule has 2 aromatic carbocycles. The van der Waals surface area contributed by atoms with Crippen LogP contribution in [-0.2, 0) is 17.8 Å². The molecule has 0 bridgehead atoms. The van der Waals surface area contributed by atoms with Gasteiger partial charge in [-0.2, -0.15) is 0 Å². The van der Waals surface area contributed by atoms with Crippen LogP contribution < -0.4 is 10.1 Å². The van der Waals surface area contributed by atoms with E-state index in [2.05, 4.69) is 36.5 Å². The van der Waals surface area contributed by atoms with Crippen LogP contribution in [0.15, 0.2) is 59.0 Å². The Morgan fingerprint density at radius 2 is 1.97 bits per heavy atom. The molecule has 6 heteroatoms. The Kier molecular flexibility index (Phi) is 6.62. The average molecular weight is 473 g/mol. The van der Waals surface area contributed by atoms with Crippen molar-refractivity contribution in [1.82, 2.24) is 10.2 Å². The molecule has 0 saturated heterocycles. The molecule has 0 radical (unpaired) electrons. The van der Waals surface area contributed by atoms with E-state index in [1.54, 1.807) is 12.1 Å².